The molecule has 0 unspecified atom stereocenters. The SMILES string of the molecule is Cc1ccc(S(=O)(=O)N2CCC(c3nn4c(C)nnc4s3)CC2)s1. The van der Waals surface area contributed by atoms with Gasteiger partial charge < -0.3 is 0 Å². The van der Waals surface area contributed by atoms with Crippen molar-refractivity contribution in [1.82, 2.24) is 24.1 Å². The second-order valence-electron chi connectivity index (χ2n) is 5.93. The maximum absolute atomic E-state index is 12.7. The van der Waals surface area contributed by atoms with Gasteiger partial charge in [-0.15, -0.1) is 21.5 Å². The van der Waals surface area contributed by atoms with Crippen LogP contribution in [0.15, 0.2) is 16.3 Å². The minimum atomic E-state index is -3.36. The molecule has 0 spiro atoms. The maximum Gasteiger partial charge on any atom is 0.252 e. The van der Waals surface area contributed by atoms with Crippen LogP contribution in [0.3, 0.4) is 0 Å². The molecule has 3 aromatic rings. The number of fused-ring (bicyclic) bond motifs is 1. The highest BCUT2D eigenvalue weighted by atomic mass is 32.2. The van der Waals surface area contributed by atoms with Crippen molar-refractivity contribution in [1.29, 1.82) is 0 Å². The van der Waals surface area contributed by atoms with Gasteiger partial charge in [0.05, 0.1) is 0 Å². The Morgan fingerprint density at radius 3 is 2.50 bits per heavy atom. The van der Waals surface area contributed by atoms with Crippen LogP contribution in [-0.4, -0.2) is 45.6 Å². The van der Waals surface area contributed by atoms with Gasteiger partial charge in [0, 0.05) is 23.9 Å². The third-order valence-electron chi connectivity index (χ3n) is 4.28. The standard InChI is InChI=1S/C14H17N5O2S3/c1-9-3-4-12(22-9)24(20,21)18-7-5-11(6-8-18)13-17-19-10(2)15-16-14(19)23-13/h3-4,11H,5-8H2,1-2H3. The van der Waals surface area contributed by atoms with Gasteiger partial charge in [-0.25, -0.2) is 8.42 Å². The zero-order chi connectivity index (χ0) is 16.9. The Bertz CT molecular complexity index is 979. The molecule has 4 rings (SSSR count). The quantitative estimate of drug-likeness (QED) is 0.694. The summed E-state index contributed by atoms with van der Waals surface area (Å²) in [5, 5.41) is 13.7. The van der Waals surface area contributed by atoms with Crippen LogP contribution < -0.4 is 0 Å². The average Bonchev–Trinajstić information content (AvgIpc) is 3.26. The van der Waals surface area contributed by atoms with Crippen molar-refractivity contribution in [3.63, 3.8) is 0 Å². The van der Waals surface area contributed by atoms with Crippen LogP contribution in [0.2, 0.25) is 0 Å². The lowest BCUT2D eigenvalue weighted by Crippen LogP contribution is -2.37. The van der Waals surface area contributed by atoms with E-state index >= 15 is 0 Å². The molecule has 24 heavy (non-hydrogen) atoms. The first-order chi connectivity index (χ1) is 11.4. The monoisotopic (exact) mass is 383 g/mol. The molecule has 10 heteroatoms. The Kier molecular flexibility index (Phi) is 3.94. The fourth-order valence-corrected chi connectivity index (χ4v) is 6.88. The van der Waals surface area contributed by atoms with E-state index in [1.54, 1.807) is 26.2 Å². The fraction of sp³-hybridized carbons (Fsp3) is 0.500. The van der Waals surface area contributed by atoms with Crippen LogP contribution in [0.1, 0.15) is 34.5 Å². The molecule has 4 heterocycles. The summed E-state index contributed by atoms with van der Waals surface area (Å²) in [6.07, 6.45) is 1.57. The van der Waals surface area contributed by atoms with Crippen LogP contribution in [0, 0.1) is 13.8 Å². The molecule has 1 fully saturated rings. The summed E-state index contributed by atoms with van der Waals surface area (Å²) in [7, 11) is -3.36. The summed E-state index contributed by atoms with van der Waals surface area (Å²) >= 11 is 2.88. The van der Waals surface area contributed by atoms with E-state index in [1.807, 2.05) is 19.9 Å². The second-order valence-corrected chi connectivity index (χ2v) is 10.4. The lowest BCUT2D eigenvalue weighted by Gasteiger charge is -2.29. The number of nitrogens with zero attached hydrogens (tertiary/aromatic N) is 5. The van der Waals surface area contributed by atoms with Crippen LogP contribution in [-0.2, 0) is 10.0 Å². The molecule has 0 N–H and O–H groups in total. The predicted octanol–water partition coefficient (Wildman–Crippen LogP) is 2.43. The molecule has 0 amide bonds. The molecule has 3 aromatic heterocycles. The second kappa shape index (κ2) is 5.87. The summed E-state index contributed by atoms with van der Waals surface area (Å²) in [4.78, 5) is 1.81. The minimum absolute atomic E-state index is 0.285. The van der Waals surface area contributed by atoms with Crippen molar-refractivity contribution in [2.45, 2.75) is 36.8 Å². The van der Waals surface area contributed by atoms with E-state index < -0.39 is 10.0 Å². The normalized spacial score (nSPS) is 17.8. The third-order valence-corrected chi connectivity index (χ3v) is 8.70. The van der Waals surface area contributed by atoms with Crippen molar-refractivity contribution in [3.05, 3.63) is 27.8 Å². The summed E-state index contributed by atoms with van der Waals surface area (Å²) in [5.74, 6) is 1.06. The molecule has 0 aromatic carbocycles. The van der Waals surface area contributed by atoms with Crippen molar-refractivity contribution in [2.24, 2.45) is 0 Å². The van der Waals surface area contributed by atoms with Crippen LogP contribution in [0.4, 0.5) is 0 Å². The zero-order valence-corrected chi connectivity index (χ0v) is 15.8. The Balaban J connectivity index is 1.50. The number of hydrogen-bond donors (Lipinski definition) is 0. The minimum Gasteiger partial charge on any atom is -0.206 e. The lowest BCUT2D eigenvalue weighted by atomic mass is 9.99. The molecule has 0 aliphatic carbocycles. The molecular weight excluding hydrogens is 366 g/mol. The number of sulfonamides is 1. The van der Waals surface area contributed by atoms with E-state index in [0.717, 1.165) is 33.5 Å². The van der Waals surface area contributed by atoms with Gasteiger partial charge in [-0.3, -0.25) is 0 Å². The highest BCUT2D eigenvalue weighted by molar-refractivity contribution is 7.91. The predicted molar refractivity (Wildman–Crippen MR) is 93.2 cm³/mol. The van der Waals surface area contributed by atoms with Crippen molar-refractivity contribution in [2.75, 3.05) is 13.1 Å². The Labute approximate surface area is 148 Å². The fourth-order valence-electron chi connectivity index (χ4n) is 2.92. The smallest absolute Gasteiger partial charge is 0.206 e. The molecular formula is C14H17N5O2S3. The molecule has 0 atom stereocenters. The maximum atomic E-state index is 12.7. The first-order valence-corrected chi connectivity index (χ1v) is 10.8. The Morgan fingerprint density at radius 2 is 1.88 bits per heavy atom. The number of aromatic nitrogens is 4. The summed E-state index contributed by atoms with van der Waals surface area (Å²) in [6.45, 7) is 4.86. The molecule has 1 aliphatic heterocycles. The van der Waals surface area contributed by atoms with Gasteiger partial charge in [-0.2, -0.15) is 13.9 Å². The van der Waals surface area contributed by atoms with E-state index in [-0.39, 0.29) is 5.92 Å². The molecule has 7 nitrogen and oxygen atoms in total. The molecule has 1 aliphatic rings. The van der Waals surface area contributed by atoms with Crippen molar-refractivity contribution in [3.8, 4) is 0 Å². The molecule has 1 saturated heterocycles. The summed E-state index contributed by atoms with van der Waals surface area (Å²) in [6, 6.07) is 3.55. The first kappa shape index (κ1) is 16.1. The molecule has 0 radical (unpaired) electrons. The number of rotatable bonds is 3. The first-order valence-electron chi connectivity index (χ1n) is 7.70. The van der Waals surface area contributed by atoms with Crippen molar-refractivity contribution < 1.29 is 8.42 Å². The Hall–Kier alpha value is -1.36. The van der Waals surface area contributed by atoms with E-state index in [9.17, 15) is 8.42 Å². The van der Waals surface area contributed by atoms with E-state index in [4.69, 9.17) is 0 Å². The largest absolute Gasteiger partial charge is 0.252 e. The van der Waals surface area contributed by atoms with Gasteiger partial charge in [0.25, 0.3) is 10.0 Å². The van der Waals surface area contributed by atoms with E-state index in [0.29, 0.717) is 17.3 Å². The topological polar surface area (TPSA) is 80.5 Å². The summed E-state index contributed by atoms with van der Waals surface area (Å²) in [5.41, 5.74) is 0. The number of hydrogen-bond acceptors (Lipinski definition) is 7. The van der Waals surface area contributed by atoms with Crippen LogP contribution in [0.5, 0.6) is 0 Å². The Morgan fingerprint density at radius 1 is 1.12 bits per heavy atom. The number of aryl methyl sites for hydroxylation is 2. The molecule has 128 valence electrons. The van der Waals surface area contributed by atoms with Gasteiger partial charge in [-0.1, -0.05) is 11.3 Å². The lowest BCUT2D eigenvalue weighted by molar-refractivity contribution is 0.319. The van der Waals surface area contributed by atoms with Gasteiger partial charge in [0.15, 0.2) is 5.82 Å². The van der Waals surface area contributed by atoms with Crippen LogP contribution in [0.25, 0.3) is 4.96 Å². The van der Waals surface area contributed by atoms with E-state index in [2.05, 4.69) is 15.3 Å². The highest BCUT2D eigenvalue weighted by Crippen LogP contribution is 2.34. The number of piperidine rings is 1. The van der Waals surface area contributed by atoms with Crippen molar-refractivity contribution >= 4 is 37.7 Å². The van der Waals surface area contributed by atoms with Gasteiger partial charge in [0.2, 0.25) is 4.96 Å². The third kappa shape index (κ3) is 2.67. The summed E-state index contributed by atoms with van der Waals surface area (Å²) < 4.78 is 29.2. The van der Waals surface area contributed by atoms with E-state index in [1.165, 1.54) is 11.3 Å². The highest BCUT2D eigenvalue weighted by Gasteiger charge is 2.32. The molecule has 0 bridgehead atoms. The van der Waals surface area contributed by atoms with Gasteiger partial charge in [-0.05, 0) is 38.8 Å². The zero-order valence-electron chi connectivity index (χ0n) is 13.3. The van der Waals surface area contributed by atoms with Crippen LogP contribution >= 0.6 is 22.7 Å². The molecule has 0 saturated carbocycles. The number of thiophene rings is 1. The van der Waals surface area contributed by atoms with Gasteiger partial charge in [0.1, 0.15) is 9.22 Å². The van der Waals surface area contributed by atoms with Gasteiger partial charge >= 0.3 is 0 Å². The average molecular weight is 384 g/mol.